The first-order valence-electron chi connectivity index (χ1n) is 10.8. The topological polar surface area (TPSA) is 68.3 Å². The summed E-state index contributed by atoms with van der Waals surface area (Å²) in [4.78, 5) is 7.95. The highest BCUT2D eigenvalue weighted by atomic mass is 19.4. The molecule has 3 aromatic rings. The van der Waals surface area contributed by atoms with Crippen molar-refractivity contribution >= 4 is 23.1 Å². The fourth-order valence-corrected chi connectivity index (χ4v) is 2.88. The number of rotatable bonds is 11. The van der Waals surface area contributed by atoms with Gasteiger partial charge in [-0.2, -0.15) is 18.2 Å². The monoisotopic (exact) mass is 460 g/mol. The highest BCUT2D eigenvalue weighted by Gasteiger charge is 2.35. The molecule has 2 aromatic carbocycles. The van der Waals surface area contributed by atoms with Gasteiger partial charge in [0.05, 0.1) is 18.9 Å². The van der Waals surface area contributed by atoms with Gasteiger partial charge in [-0.05, 0) is 49.2 Å². The molecule has 9 heteroatoms. The van der Waals surface area contributed by atoms with Crippen molar-refractivity contribution < 1.29 is 22.6 Å². The van der Waals surface area contributed by atoms with Crippen LogP contribution in [0.1, 0.15) is 38.7 Å². The lowest BCUT2D eigenvalue weighted by atomic mass is 10.2. The summed E-state index contributed by atoms with van der Waals surface area (Å²) in [5.74, 6) is 0.816. The van der Waals surface area contributed by atoms with Crippen molar-refractivity contribution in [1.82, 2.24) is 9.97 Å². The zero-order valence-electron chi connectivity index (χ0n) is 18.6. The van der Waals surface area contributed by atoms with Crippen LogP contribution in [0.3, 0.4) is 0 Å². The van der Waals surface area contributed by atoms with E-state index in [0.29, 0.717) is 36.1 Å². The summed E-state index contributed by atoms with van der Waals surface area (Å²) in [7, 11) is 0. The third-order valence-electron chi connectivity index (χ3n) is 4.57. The minimum atomic E-state index is -4.63. The second-order valence-electron chi connectivity index (χ2n) is 7.27. The van der Waals surface area contributed by atoms with Crippen molar-refractivity contribution in [1.29, 1.82) is 0 Å². The number of benzene rings is 2. The van der Waals surface area contributed by atoms with Crippen LogP contribution in [0.15, 0.2) is 54.7 Å². The van der Waals surface area contributed by atoms with E-state index in [2.05, 4.69) is 27.5 Å². The Bertz CT molecular complexity index is 1030. The average Bonchev–Trinajstić information content (AvgIpc) is 2.79. The van der Waals surface area contributed by atoms with Gasteiger partial charge in [0.15, 0.2) is 0 Å². The lowest BCUT2D eigenvalue weighted by Crippen LogP contribution is -2.13. The Morgan fingerprint density at radius 1 is 0.879 bits per heavy atom. The van der Waals surface area contributed by atoms with Gasteiger partial charge in [-0.3, -0.25) is 0 Å². The van der Waals surface area contributed by atoms with E-state index in [-0.39, 0.29) is 11.8 Å². The average molecular weight is 461 g/mol. The van der Waals surface area contributed by atoms with Gasteiger partial charge < -0.3 is 20.1 Å². The van der Waals surface area contributed by atoms with E-state index in [1.54, 1.807) is 48.5 Å². The predicted molar refractivity (Wildman–Crippen MR) is 123 cm³/mol. The number of hydrogen-bond donors (Lipinski definition) is 2. The van der Waals surface area contributed by atoms with Crippen molar-refractivity contribution in [2.24, 2.45) is 0 Å². The molecule has 2 N–H and O–H groups in total. The van der Waals surface area contributed by atoms with E-state index in [1.807, 2.05) is 6.92 Å². The number of halogens is 3. The molecule has 0 amide bonds. The van der Waals surface area contributed by atoms with Gasteiger partial charge in [-0.1, -0.05) is 32.4 Å². The Morgan fingerprint density at radius 3 is 2.33 bits per heavy atom. The molecule has 0 bridgehead atoms. The molecule has 3 rings (SSSR count). The van der Waals surface area contributed by atoms with E-state index in [9.17, 15) is 13.2 Å². The van der Waals surface area contributed by atoms with Gasteiger partial charge in [0.1, 0.15) is 22.9 Å². The van der Waals surface area contributed by atoms with Crippen molar-refractivity contribution in [3.63, 3.8) is 0 Å². The first-order valence-corrected chi connectivity index (χ1v) is 10.8. The number of anilines is 4. The summed E-state index contributed by atoms with van der Waals surface area (Å²) in [6.07, 6.45) is -1.10. The second kappa shape index (κ2) is 11.4. The maximum Gasteiger partial charge on any atom is 0.421 e. The third kappa shape index (κ3) is 7.00. The maximum atomic E-state index is 13.6. The molecule has 0 fully saturated rings. The standard InChI is InChI=1S/C24H27F3N4O2/c1-3-5-15-32-18-12-10-17(11-13-18)29-23-28-16-19(24(25,26)27)22(31-23)30-20-8-6-7-9-21(20)33-14-4-2/h6-13,16H,3-5,14-15H2,1-2H3,(H2,28,29,30,31). The molecule has 0 aliphatic heterocycles. The molecule has 0 aliphatic rings. The molecule has 176 valence electrons. The lowest BCUT2D eigenvalue weighted by molar-refractivity contribution is -0.137. The number of para-hydroxylation sites is 2. The van der Waals surface area contributed by atoms with Gasteiger partial charge in [-0.15, -0.1) is 0 Å². The van der Waals surface area contributed by atoms with Crippen LogP contribution in [0.25, 0.3) is 0 Å². The van der Waals surface area contributed by atoms with Crippen molar-refractivity contribution in [3.8, 4) is 11.5 Å². The molecular formula is C24H27F3N4O2. The van der Waals surface area contributed by atoms with Gasteiger partial charge >= 0.3 is 6.18 Å². The van der Waals surface area contributed by atoms with Gasteiger partial charge in [-0.25, -0.2) is 4.98 Å². The predicted octanol–water partition coefficient (Wildman–Crippen LogP) is 6.95. The summed E-state index contributed by atoms with van der Waals surface area (Å²) < 4.78 is 52.1. The minimum absolute atomic E-state index is 0.0251. The summed E-state index contributed by atoms with van der Waals surface area (Å²) in [5, 5.41) is 5.70. The van der Waals surface area contributed by atoms with Gasteiger partial charge in [0.2, 0.25) is 5.95 Å². The van der Waals surface area contributed by atoms with E-state index < -0.39 is 11.7 Å². The van der Waals surface area contributed by atoms with Crippen molar-refractivity contribution in [2.45, 2.75) is 39.3 Å². The van der Waals surface area contributed by atoms with Crippen LogP contribution in [0.2, 0.25) is 0 Å². The smallest absolute Gasteiger partial charge is 0.421 e. The quantitative estimate of drug-likeness (QED) is 0.302. The van der Waals surface area contributed by atoms with Gasteiger partial charge in [0, 0.05) is 11.9 Å². The second-order valence-corrected chi connectivity index (χ2v) is 7.27. The zero-order valence-corrected chi connectivity index (χ0v) is 18.6. The molecular weight excluding hydrogens is 433 g/mol. The summed E-state index contributed by atoms with van der Waals surface area (Å²) in [5.41, 5.74) is 0.0305. The molecule has 0 aliphatic carbocycles. The minimum Gasteiger partial charge on any atom is -0.494 e. The van der Waals surface area contributed by atoms with Crippen LogP contribution in [0, 0.1) is 0 Å². The third-order valence-corrected chi connectivity index (χ3v) is 4.57. The molecule has 33 heavy (non-hydrogen) atoms. The Balaban J connectivity index is 1.82. The Hall–Kier alpha value is -3.49. The Morgan fingerprint density at radius 2 is 1.64 bits per heavy atom. The Labute approximate surface area is 191 Å². The molecule has 0 atom stereocenters. The van der Waals surface area contributed by atoms with Crippen molar-refractivity contribution in [2.75, 3.05) is 23.8 Å². The molecule has 0 spiro atoms. The fourth-order valence-electron chi connectivity index (χ4n) is 2.88. The summed E-state index contributed by atoms with van der Waals surface area (Å²) in [6, 6.07) is 13.9. The molecule has 0 saturated carbocycles. The summed E-state index contributed by atoms with van der Waals surface area (Å²) in [6.45, 7) is 5.10. The van der Waals surface area contributed by atoms with Crippen LogP contribution >= 0.6 is 0 Å². The van der Waals surface area contributed by atoms with Crippen LogP contribution < -0.4 is 20.1 Å². The maximum absolute atomic E-state index is 13.6. The lowest BCUT2D eigenvalue weighted by Gasteiger charge is -2.17. The SMILES string of the molecule is CCCCOc1ccc(Nc2ncc(C(F)(F)F)c(Nc3ccccc3OCCC)n2)cc1. The number of ether oxygens (including phenoxy) is 2. The highest BCUT2D eigenvalue weighted by Crippen LogP contribution is 2.37. The molecule has 6 nitrogen and oxygen atoms in total. The number of unbranched alkanes of at least 4 members (excludes halogenated alkanes) is 1. The van der Waals surface area contributed by atoms with Crippen LogP contribution in [0.4, 0.5) is 36.3 Å². The molecule has 1 aromatic heterocycles. The van der Waals surface area contributed by atoms with E-state index in [0.717, 1.165) is 25.5 Å². The summed E-state index contributed by atoms with van der Waals surface area (Å²) >= 11 is 0. The molecule has 0 radical (unpaired) electrons. The zero-order chi connectivity index (χ0) is 23.7. The first-order chi connectivity index (χ1) is 15.9. The van der Waals surface area contributed by atoms with Crippen LogP contribution in [-0.2, 0) is 6.18 Å². The number of hydrogen-bond acceptors (Lipinski definition) is 6. The number of aromatic nitrogens is 2. The largest absolute Gasteiger partial charge is 0.494 e. The number of alkyl halides is 3. The fraction of sp³-hybridized carbons (Fsp3) is 0.333. The highest BCUT2D eigenvalue weighted by molar-refractivity contribution is 5.67. The Kier molecular flexibility index (Phi) is 8.34. The van der Waals surface area contributed by atoms with Gasteiger partial charge in [0.25, 0.3) is 0 Å². The number of nitrogens with zero attached hydrogens (tertiary/aromatic N) is 2. The molecule has 0 saturated heterocycles. The van der Waals surface area contributed by atoms with E-state index in [1.165, 1.54) is 0 Å². The molecule has 0 unspecified atom stereocenters. The van der Waals surface area contributed by atoms with Crippen LogP contribution in [-0.4, -0.2) is 23.2 Å². The normalized spacial score (nSPS) is 11.2. The van der Waals surface area contributed by atoms with E-state index >= 15 is 0 Å². The van der Waals surface area contributed by atoms with Crippen molar-refractivity contribution in [3.05, 3.63) is 60.3 Å². The number of nitrogens with one attached hydrogen (secondary N) is 2. The van der Waals surface area contributed by atoms with E-state index in [4.69, 9.17) is 9.47 Å². The first kappa shape index (κ1) is 24.2. The van der Waals surface area contributed by atoms with Crippen LogP contribution in [0.5, 0.6) is 11.5 Å². The molecule has 1 heterocycles.